The summed E-state index contributed by atoms with van der Waals surface area (Å²) >= 11 is 1.23. The molecule has 3 N–H and O–H groups in total. The molecule has 58 valence electrons. The highest BCUT2D eigenvalue weighted by Crippen LogP contribution is 2.10. The second-order valence-corrected chi connectivity index (χ2v) is 2.49. The molecule has 0 fully saturated rings. The Bertz CT molecular complexity index is 282. The van der Waals surface area contributed by atoms with E-state index >= 15 is 0 Å². The van der Waals surface area contributed by atoms with E-state index in [4.69, 9.17) is 5.73 Å². The van der Waals surface area contributed by atoms with Gasteiger partial charge in [0.1, 0.15) is 0 Å². The first-order valence-electron chi connectivity index (χ1n) is 3.05. The maximum atomic E-state index is 5.29. The van der Waals surface area contributed by atoms with E-state index in [0.717, 1.165) is 0 Å². The van der Waals surface area contributed by atoms with Crippen molar-refractivity contribution in [1.82, 2.24) is 9.36 Å². The number of nitrogen functional groups attached to an aromatic ring is 1. The Morgan fingerprint density at radius 3 is 3.09 bits per heavy atom. The number of hydrogen-bond acceptors (Lipinski definition) is 5. The molecule has 0 bridgehead atoms. The van der Waals surface area contributed by atoms with Crippen LogP contribution in [0.25, 0.3) is 0 Å². The fourth-order valence-corrected chi connectivity index (χ4v) is 1.01. The van der Waals surface area contributed by atoms with Crippen molar-refractivity contribution in [2.75, 3.05) is 17.6 Å². The van der Waals surface area contributed by atoms with Crippen LogP contribution in [0.3, 0.4) is 0 Å². The Morgan fingerprint density at radius 1 is 1.73 bits per heavy atom. The predicted molar refractivity (Wildman–Crippen MR) is 46.3 cm³/mol. The maximum absolute atomic E-state index is 5.29. The zero-order valence-electron chi connectivity index (χ0n) is 6.09. The molecule has 0 unspecified atom stereocenters. The molecule has 0 radical (unpaired) electrons. The van der Waals surface area contributed by atoms with E-state index in [9.17, 15) is 0 Å². The van der Waals surface area contributed by atoms with E-state index in [1.165, 1.54) is 11.5 Å². The van der Waals surface area contributed by atoms with Crippen LogP contribution in [0.4, 0.5) is 11.1 Å². The highest BCUT2D eigenvalue weighted by molar-refractivity contribution is 7.09. The number of anilines is 2. The topological polar surface area (TPSA) is 63.8 Å². The largest absolute Gasteiger partial charge is 0.367 e. The minimum absolute atomic E-state index is 0.307. The highest BCUT2D eigenvalue weighted by Gasteiger charge is 1.96. The van der Waals surface area contributed by atoms with Crippen molar-refractivity contribution in [2.45, 2.75) is 6.92 Å². The minimum Gasteiger partial charge on any atom is -0.367 e. The molecule has 1 rings (SSSR count). The quantitative estimate of drug-likeness (QED) is 0.633. The number of nitrogens with two attached hydrogens (primary N) is 1. The van der Waals surface area contributed by atoms with Crippen LogP contribution >= 0.6 is 11.5 Å². The number of rotatable bonds is 2. The van der Waals surface area contributed by atoms with E-state index in [0.29, 0.717) is 17.6 Å². The van der Waals surface area contributed by atoms with Crippen LogP contribution in [-0.2, 0) is 0 Å². The Labute approximate surface area is 69.0 Å². The van der Waals surface area contributed by atoms with Gasteiger partial charge in [-0.25, -0.2) is 0 Å². The normalized spacial score (nSPS) is 8.45. The van der Waals surface area contributed by atoms with E-state index in [-0.39, 0.29) is 0 Å². The lowest BCUT2D eigenvalue weighted by Gasteiger charge is -1.90. The average Bonchev–Trinajstić information content (AvgIpc) is 2.37. The molecule has 0 saturated carbocycles. The molecule has 4 nitrogen and oxygen atoms in total. The van der Waals surface area contributed by atoms with Crippen LogP contribution in [0.1, 0.15) is 6.92 Å². The van der Waals surface area contributed by atoms with Gasteiger partial charge in [0, 0.05) is 11.5 Å². The first-order chi connectivity index (χ1) is 5.33. The number of nitrogens with one attached hydrogen (secondary N) is 1. The third-order valence-electron chi connectivity index (χ3n) is 0.947. The number of hydrogen-bond donors (Lipinski definition) is 2. The smallest absolute Gasteiger partial charge is 0.233 e. The average molecular weight is 168 g/mol. The van der Waals surface area contributed by atoms with Gasteiger partial charge in [-0.05, 0) is 6.92 Å². The van der Waals surface area contributed by atoms with Crippen LogP contribution in [0.2, 0.25) is 0 Å². The van der Waals surface area contributed by atoms with Gasteiger partial charge in [0.2, 0.25) is 11.1 Å². The summed E-state index contributed by atoms with van der Waals surface area (Å²) in [6, 6.07) is 0. The van der Waals surface area contributed by atoms with Crippen molar-refractivity contribution in [3.05, 3.63) is 0 Å². The van der Waals surface area contributed by atoms with Gasteiger partial charge in [-0.1, -0.05) is 5.92 Å². The molecule has 0 amide bonds. The van der Waals surface area contributed by atoms with Gasteiger partial charge in [-0.15, -0.1) is 5.92 Å². The molecule has 0 aliphatic heterocycles. The summed E-state index contributed by atoms with van der Waals surface area (Å²) in [5, 5.41) is 3.67. The molecule has 0 saturated heterocycles. The number of aromatic nitrogens is 2. The lowest BCUT2D eigenvalue weighted by Crippen LogP contribution is -1.97. The van der Waals surface area contributed by atoms with Gasteiger partial charge < -0.3 is 11.1 Å². The zero-order chi connectivity index (χ0) is 8.10. The lowest BCUT2D eigenvalue weighted by molar-refractivity contribution is 1.28. The van der Waals surface area contributed by atoms with Gasteiger partial charge in [0.15, 0.2) is 0 Å². The van der Waals surface area contributed by atoms with Crippen molar-refractivity contribution in [3.63, 3.8) is 0 Å². The third kappa shape index (κ3) is 2.43. The SMILES string of the molecule is CC#CCNc1nc(N)ns1. The lowest BCUT2D eigenvalue weighted by atomic mass is 10.6. The van der Waals surface area contributed by atoms with Crippen LogP contribution in [0, 0.1) is 11.8 Å². The first kappa shape index (κ1) is 7.82. The Hall–Kier alpha value is -1.28. The van der Waals surface area contributed by atoms with Crippen LogP contribution in [0.15, 0.2) is 0 Å². The van der Waals surface area contributed by atoms with Gasteiger partial charge in [-0.2, -0.15) is 9.36 Å². The Morgan fingerprint density at radius 2 is 2.55 bits per heavy atom. The summed E-state index contributed by atoms with van der Waals surface area (Å²) in [4.78, 5) is 3.89. The Balaban J connectivity index is 2.43. The predicted octanol–water partition coefficient (Wildman–Crippen LogP) is 0.555. The molecule has 1 heterocycles. The molecule has 0 atom stereocenters. The molecule has 1 aromatic heterocycles. The minimum atomic E-state index is 0.307. The molecule has 0 spiro atoms. The summed E-state index contributed by atoms with van der Waals surface area (Å²) < 4.78 is 3.79. The van der Waals surface area contributed by atoms with Crippen molar-refractivity contribution >= 4 is 22.6 Å². The molecule has 0 aliphatic carbocycles. The molecular weight excluding hydrogens is 160 g/mol. The van der Waals surface area contributed by atoms with Crippen LogP contribution in [0.5, 0.6) is 0 Å². The van der Waals surface area contributed by atoms with Crippen molar-refractivity contribution < 1.29 is 0 Å². The molecule has 1 aromatic rings. The summed E-state index contributed by atoms with van der Waals surface area (Å²) in [5.41, 5.74) is 5.29. The van der Waals surface area contributed by atoms with E-state index in [1.807, 2.05) is 0 Å². The van der Waals surface area contributed by atoms with Gasteiger partial charge in [0.25, 0.3) is 0 Å². The summed E-state index contributed by atoms with van der Waals surface area (Å²) in [6.07, 6.45) is 0. The fraction of sp³-hybridized carbons (Fsp3) is 0.333. The second-order valence-electron chi connectivity index (χ2n) is 1.74. The third-order valence-corrected chi connectivity index (χ3v) is 1.63. The van der Waals surface area contributed by atoms with E-state index in [1.54, 1.807) is 6.92 Å². The van der Waals surface area contributed by atoms with Gasteiger partial charge in [-0.3, -0.25) is 0 Å². The standard InChI is InChI=1S/C6H8N4S/c1-2-3-4-8-6-9-5(7)10-11-6/h4H2,1H3,(H3,7,8,9,10). The summed E-state index contributed by atoms with van der Waals surface area (Å²) in [5.74, 6) is 5.91. The van der Waals surface area contributed by atoms with E-state index in [2.05, 4.69) is 26.5 Å². The first-order valence-corrected chi connectivity index (χ1v) is 3.83. The molecular formula is C6H8N4S. The monoisotopic (exact) mass is 168 g/mol. The fourth-order valence-electron chi connectivity index (χ4n) is 0.515. The Kier molecular flexibility index (Phi) is 2.69. The summed E-state index contributed by atoms with van der Waals surface area (Å²) in [7, 11) is 0. The van der Waals surface area contributed by atoms with E-state index < -0.39 is 0 Å². The van der Waals surface area contributed by atoms with Crippen molar-refractivity contribution in [1.29, 1.82) is 0 Å². The highest BCUT2D eigenvalue weighted by atomic mass is 32.1. The van der Waals surface area contributed by atoms with Crippen molar-refractivity contribution in [3.8, 4) is 11.8 Å². The maximum Gasteiger partial charge on any atom is 0.233 e. The van der Waals surface area contributed by atoms with Crippen LogP contribution in [-0.4, -0.2) is 15.9 Å². The molecule has 0 aromatic carbocycles. The zero-order valence-corrected chi connectivity index (χ0v) is 6.90. The van der Waals surface area contributed by atoms with Gasteiger partial charge >= 0.3 is 0 Å². The molecule has 11 heavy (non-hydrogen) atoms. The molecule has 5 heteroatoms. The van der Waals surface area contributed by atoms with Gasteiger partial charge in [0.05, 0.1) is 6.54 Å². The number of nitrogens with zero attached hydrogens (tertiary/aromatic N) is 2. The van der Waals surface area contributed by atoms with Crippen molar-refractivity contribution in [2.24, 2.45) is 0 Å². The second kappa shape index (κ2) is 3.78. The van der Waals surface area contributed by atoms with Crippen LogP contribution < -0.4 is 11.1 Å². The summed E-state index contributed by atoms with van der Waals surface area (Å²) in [6.45, 7) is 2.38. The molecule has 0 aliphatic rings.